The zero-order valence-corrected chi connectivity index (χ0v) is 8.57. The summed E-state index contributed by atoms with van der Waals surface area (Å²) in [5, 5.41) is 0. The van der Waals surface area contributed by atoms with Gasteiger partial charge in [0, 0.05) is 18.2 Å². The molecule has 0 bridgehead atoms. The molecule has 0 aliphatic carbocycles. The minimum absolute atomic E-state index is 0.00876. The lowest BCUT2D eigenvalue weighted by Gasteiger charge is -2.04. The largest absolute Gasteiger partial charge is 0.212 e. The second-order valence-corrected chi connectivity index (χ2v) is 4.83. The van der Waals surface area contributed by atoms with E-state index in [1.807, 2.05) is 0 Å². The fourth-order valence-corrected chi connectivity index (χ4v) is 1.46. The van der Waals surface area contributed by atoms with Crippen molar-refractivity contribution in [2.75, 3.05) is 5.75 Å². The van der Waals surface area contributed by atoms with Crippen LogP contribution in [0.3, 0.4) is 0 Å². The van der Waals surface area contributed by atoms with E-state index in [0.717, 1.165) is 0 Å². The van der Waals surface area contributed by atoms with Gasteiger partial charge in [0.1, 0.15) is 5.82 Å². The molecule has 0 heterocycles. The monoisotopic (exact) mass is 216 g/mol. The molecule has 0 unspecified atom stereocenters. The maximum absolute atomic E-state index is 13.0. The summed E-state index contributed by atoms with van der Waals surface area (Å²) < 4.78 is 37.3. The Morgan fingerprint density at radius 1 is 1.57 bits per heavy atom. The molecule has 1 rings (SSSR count). The summed E-state index contributed by atoms with van der Waals surface area (Å²) in [7, 11) is -3.27. The van der Waals surface area contributed by atoms with Crippen LogP contribution in [0.2, 0.25) is 0 Å². The summed E-state index contributed by atoms with van der Waals surface area (Å²) in [4.78, 5) is 0. The highest BCUT2D eigenvalue weighted by atomic mass is 32.2. The molecule has 14 heavy (non-hydrogen) atoms. The van der Waals surface area contributed by atoms with Gasteiger partial charge < -0.3 is 0 Å². The molecule has 0 aliphatic rings. The number of rotatable bonds is 4. The molecule has 0 aliphatic heterocycles. The van der Waals surface area contributed by atoms with Crippen LogP contribution in [0.4, 0.5) is 4.39 Å². The Balaban J connectivity index is 2.68. The zero-order valence-electron chi connectivity index (χ0n) is 7.75. The number of halogens is 1. The van der Waals surface area contributed by atoms with Crippen molar-refractivity contribution in [2.45, 2.75) is 13.5 Å². The van der Waals surface area contributed by atoms with Crippen molar-refractivity contribution in [3.8, 4) is 0 Å². The average Bonchev–Trinajstić information content (AvgIpc) is 2.17. The Bertz CT molecular complexity index is 403. The van der Waals surface area contributed by atoms with Gasteiger partial charge in [-0.3, -0.25) is 0 Å². The van der Waals surface area contributed by atoms with Gasteiger partial charge in [0.2, 0.25) is 10.0 Å². The van der Waals surface area contributed by atoms with E-state index < -0.39 is 15.8 Å². The third-order valence-electron chi connectivity index (χ3n) is 1.75. The Morgan fingerprint density at radius 3 is 2.86 bits per heavy atom. The van der Waals surface area contributed by atoms with Crippen molar-refractivity contribution >= 4 is 10.0 Å². The number of benzene rings is 1. The molecule has 0 spiro atoms. The topological polar surface area (TPSA) is 46.2 Å². The van der Waals surface area contributed by atoms with Crippen LogP contribution in [-0.2, 0) is 16.6 Å². The fourth-order valence-electron chi connectivity index (χ4n) is 0.878. The van der Waals surface area contributed by atoms with Crippen LogP contribution in [-0.4, -0.2) is 14.2 Å². The molecular formula is C9H11FNO2S. The van der Waals surface area contributed by atoms with Crippen LogP contribution in [0.15, 0.2) is 18.2 Å². The molecule has 0 saturated carbocycles. The van der Waals surface area contributed by atoms with E-state index >= 15 is 0 Å². The molecule has 0 saturated heterocycles. The summed E-state index contributed by atoms with van der Waals surface area (Å²) >= 11 is 0. The SMILES string of the molecule is CCS(=O)(=O)NCc1ccc[c]c1F. The Labute approximate surface area is 83.0 Å². The molecule has 77 valence electrons. The Kier molecular flexibility index (Phi) is 3.60. The third-order valence-corrected chi connectivity index (χ3v) is 3.09. The van der Waals surface area contributed by atoms with Crippen molar-refractivity contribution in [3.63, 3.8) is 0 Å². The van der Waals surface area contributed by atoms with Gasteiger partial charge in [0.25, 0.3) is 0 Å². The molecule has 0 fully saturated rings. The van der Waals surface area contributed by atoms with Crippen molar-refractivity contribution in [1.29, 1.82) is 0 Å². The van der Waals surface area contributed by atoms with E-state index in [1.54, 1.807) is 6.07 Å². The van der Waals surface area contributed by atoms with Gasteiger partial charge in [-0.05, 0) is 6.92 Å². The molecule has 1 radical (unpaired) electrons. The van der Waals surface area contributed by atoms with Crippen LogP contribution < -0.4 is 4.72 Å². The van der Waals surface area contributed by atoms with Gasteiger partial charge in [0.15, 0.2) is 0 Å². The number of hydrogen-bond acceptors (Lipinski definition) is 2. The van der Waals surface area contributed by atoms with E-state index in [-0.39, 0.29) is 12.3 Å². The minimum Gasteiger partial charge on any atom is -0.212 e. The standard InChI is InChI=1S/C9H11FNO2S/c1-2-14(12,13)11-7-8-5-3-4-6-9(8)10/h3-5,11H,2,7H2,1H3. The number of sulfonamides is 1. The molecule has 1 N–H and O–H groups in total. The van der Waals surface area contributed by atoms with Crippen molar-refractivity contribution < 1.29 is 12.8 Å². The van der Waals surface area contributed by atoms with Crippen LogP contribution >= 0.6 is 0 Å². The summed E-state index contributed by atoms with van der Waals surface area (Å²) in [5.41, 5.74) is 0.296. The van der Waals surface area contributed by atoms with E-state index in [9.17, 15) is 12.8 Å². The van der Waals surface area contributed by atoms with Gasteiger partial charge in [-0.1, -0.05) is 18.2 Å². The average molecular weight is 216 g/mol. The molecule has 1 aromatic carbocycles. The first-order chi connectivity index (χ1) is 6.55. The van der Waals surface area contributed by atoms with Gasteiger partial charge in [0.05, 0.1) is 5.75 Å². The molecule has 1 aromatic rings. The van der Waals surface area contributed by atoms with E-state index in [0.29, 0.717) is 5.56 Å². The summed E-state index contributed by atoms with van der Waals surface area (Å²) in [6.07, 6.45) is 0. The molecule has 0 aromatic heterocycles. The van der Waals surface area contributed by atoms with Gasteiger partial charge >= 0.3 is 0 Å². The van der Waals surface area contributed by atoms with Gasteiger partial charge in [-0.15, -0.1) is 0 Å². The molecule has 3 nitrogen and oxygen atoms in total. The van der Waals surface area contributed by atoms with Crippen LogP contribution in [0, 0.1) is 11.9 Å². The molecule has 5 heteroatoms. The smallest absolute Gasteiger partial charge is 0.211 e. The third kappa shape index (κ3) is 3.08. The van der Waals surface area contributed by atoms with E-state index in [4.69, 9.17) is 0 Å². The predicted molar refractivity (Wildman–Crippen MR) is 51.5 cm³/mol. The molecule has 0 amide bonds. The maximum Gasteiger partial charge on any atom is 0.211 e. The second kappa shape index (κ2) is 4.52. The minimum atomic E-state index is -3.27. The Morgan fingerprint density at radius 2 is 2.29 bits per heavy atom. The summed E-state index contributed by atoms with van der Waals surface area (Å²) in [6.45, 7) is 1.50. The highest BCUT2D eigenvalue weighted by molar-refractivity contribution is 7.89. The molecular weight excluding hydrogens is 205 g/mol. The predicted octanol–water partition coefficient (Wildman–Crippen LogP) is 1.07. The summed E-state index contributed by atoms with van der Waals surface area (Å²) in [5.74, 6) is -0.531. The zero-order chi connectivity index (χ0) is 10.6. The lowest BCUT2D eigenvalue weighted by Crippen LogP contribution is -2.25. The first-order valence-corrected chi connectivity index (χ1v) is 5.83. The van der Waals surface area contributed by atoms with Crippen LogP contribution in [0.5, 0.6) is 0 Å². The van der Waals surface area contributed by atoms with Crippen molar-refractivity contribution in [3.05, 3.63) is 35.6 Å². The van der Waals surface area contributed by atoms with Crippen LogP contribution in [0.25, 0.3) is 0 Å². The van der Waals surface area contributed by atoms with E-state index in [1.165, 1.54) is 19.1 Å². The second-order valence-electron chi connectivity index (χ2n) is 2.73. The first-order valence-electron chi connectivity index (χ1n) is 4.17. The summed E-state index contributed by atoms with van der Waals surface area (Å²) in [6, 6.07) is 6.92. The highest BCUT2D eigenvalue weighted by Gasteiger charge is 2.07. The highest BCUT2D eigenvalue weighted by Crippen LogP contribution is 2.05. The maximum atomic E-state index is 13.0. The van der Waals surface area contributed by atoms with Gasteiger partial charge in [-0.2, -0.15) is 0 Å². The van der Waals surface area contributed by atoms with Crippen LogP contribution in [0.1, 0.15) is 12.5 Å². The Hall–Kier alpha value is -0.940. The van der Waals surface area contributed by atoms with Crippen molar-refractivity contribution in [1.82, 2.24) is 4.72 Å². The lowest BCUT2D eigenvalue weighted by molar-refractivity contribution is 0.575. The quantitative estimate of drug-likeness (QED) is 0.818. The fraction of sp³-hybridized carbons (Fsp3) is 0.333. The van der Waals surface area contributed by atoms with Crippen molar-refractivity contribution in [2.24, 2.45) is 0 Å². The van der Waals surface area contributed by atoms with Gasteiger partial charge in [-0.25, -0.2) is 17.5 Å². The number of hydrogen-bond donors (Lipinski definition) is 1. The number of nitrogens with one attached hydrogen (secondary N) is 1. The first kappa shape index (κ1) is 11.1. The molecule has 0 atom stereocenters. The van der Waals surface area contributed by atoms with E-state index in [2.05, 4.69) is 10.8 Å². The lowest BCUT2D eigenvalue weighted by atomic mass is 10.2. The normalized spacial score (nSPS) is 11.6.